The average molecular weight is 658 g/mol. The van der Waals surface area contributed by atoms with Crippen LogP contribution in [-0.4, -0.2) is 50.9 Å². The molecule has 10 heteroatoms. The third kappa shape index (κ3) is 8.77. The van der Waals surface area contributed by atoms with Crippen molar-refractivity contribution in [2.75, 3.05) is 18.0 Å². The molecule has 0 saturated heterocycles. The van der Waals surface area contributed by atoms with Crippen molar-refractivity contribution < 1.29 is 27.1 Å². The highest BCUT2D eigenvalue weighted by Crippen LogP contribution is 2.27. The number of amides is 2. The summed E-state index contributed by atoms with van der Waals surface area (Å²) in [6, 6.07) is 28.5. The topological polar surface area (TPSA) is 96.0 Å². The number of methoxy groups -OCH3 is 1. The van der Waals surface area contributed by atoms with E-state index in [0.29, 0.717) is 11.3 Å². The Morgan fingerprint density at radius 1 is 0.830 bits per heavy atom. The number of carbonyl (C=O) groups excluding carboxylic acids is 2. The molecule has 2 amide bonds. The Morgan fingerprint density at radius 3 is 2.06 bits per heavy atom. The maximum Gasteiger partial charge on any atom is 0.264 e. The second-order valence-electron chi connectivity index (χ2n) is 11.7. The number of hydrogen-bond donors (Lipinski definition) is 1. The maximum absolute atomic E-state index is 14.6. The molecular formula is C37H40FN3O5S. The van der Waals surface area contributed by atoms with Crippen molar-refractivity contribution in [2.45, 2.75) is 62.0 Å². The second-order valence-corrected chi connectivity index (χ2v) is 13.6. The van der Waals surface area contributed by atoms with E-state index in [1.165, 1.54) is 36.3 Å². The zero-order valence-corrected chi connectivity index (χ0v) is 27.2. The summed E-state index contributed by atoms with van der Waals surface area (Å²) < 4.78 is 48.4. The number of rotatable bonds is 13. The number of halogens is 1. The van der Waals surface area contributed by atoms with Gasteiger partial charge in [0.1, 0.15) is 24.2 Å². The van der Waals surface area contributed by atoms with Crippen LogP contribution >= 0.6 is 0 Å². The molecule has 0 heterocycles. The highest BCUT2D eigenvalue weighted by molar-refractivity contribution is 7.92. The normalized spacial score (nSPS) is 14.2. The van der Waals surface area contributed by atoms with Crippen molar-refractivity contribution in [3.8, 4) is 5.75 Å². The van der Waals surface area contributed by atoms with Gasteiger partial charge in [-0.15, -0.1) is 0 Å². The smallest absolute Gasteiger partial charge is 0.264 e. The summed E-state index contributed by atoms with van der Waals surface area (Å²) in [6.07, 6.45) is 5.07. The summed E-state index contributed by atoms with van der Waals surface area (Å²) in [5, 5.41) is 3.18. The van der Waals surface area contributed by atoms with Gasteiger partial charge in [-0.05, 0) is 72.5 Å². The molecule has 8 nitrogen and oxygen atoms in total. The fourth-order valence-corrected chi connectivity index (χ4v) is 7.32. The van der Waals surface area contributed by atoms with E-state index in [-0.39, 0.29) is 35.5 Å². The Bertz CT molecular complexity index is 1710. The molecule has 4 aromatic rings. The van der Waals surface area contributed by atoms with E-state index >= 15 is 0 Å². The molecule has 4 aromatic carbocycles. The summed E-state index contributed by atoms with van der Waals surface area (Å²) in [6.45, 7) is -0.608. The lowest BCUT2D eigenvalue weighted by molar-refractivity contribution is -0.140. The minimum Gasteiger partial charge on any atom is -0.497 e. The van der Waals surface area contributed by atoms with Gasteiger partial charge < -0.3 is 15.0 Å². The number of carbonyl (C=O) groups is 2. The van der Waals surface area contributed by atoms with E-state index in [0.717, 1.165) is 42.0 Å². The molecule has 47 heavy (non-hydrogen) atoms. The van der Waals surface area contributed by atoms with Crippen molar-refractivity contribution >= 4 is 27.5 Å². The summed E-state index contributed by atoms with van der Waals surface area (Å²) in [5.74, 6) is -0.790. The van der Waals surface area contributed by atoms with Crippen LogP contribution in [0.4, 0.5) is 10.1 Å². The van der Waals surface area contributed by atoms with Gasteiger partial charge in [-0.2, -0.15) is 0 Å². The van der Waals surface area contributed by atoms with Crippen molar-refractivity contribution in [1.29, 1.82) is 0 Å². The molecule has 1 atom stereocenters. The van der Waals surface area contributed by atoms with Crippen LogP contribution < -0.4 is 14.4 Å². The van der Waals surface area contributed by atoms with Crippen molar-refractivity contribution in [1.82, 2.24) is 10.2 Å². The first-order valence-electron chi connectivity index (χ1n) is 15.8. The van der Waals surface area contributed by atoms with Crippen LogP contribution in [0.2, 0.25) is 0 Å². The molecule has 5 rings (SSSR count). The number of nitrogens with one attached hydrogen (secondary N) is 1. The van der Waals surface area contributed by atoms with Gasteiger partial charge in [-0.3, -0.25) is 13.9 Å². The van der Waals surface area contributed by atoms with Gasteiger partial charge in [0.15, 0.2) is 0 Å². The van der Waals surface area contributed by atoms with E-state index in [1.807, 2.05) is 30.3 Å². The molecule has 1 aliphatic carbocycles. The number of benzene rings is 4. The highest BCUT2D eigenvalue weighted by atomic mass is 32.2. The first-order valence-corrected chi connectivity index (χ1v) is 17.3. The van der Waals surface area contributed by atoms with E-state index in [2.05, 4.69) is 5.32 Å². The summed E-state index contributed by atoms with van der Waals surface area (Å²) >= 11 is 0. The molecule has 0 spiro atoms. The lowest BCUT2D eigenvalue weighted by atomic mass is 9.94. The highest BCUT2D eigenvalue weighted by Gasteiger charge is 2.35. The quantitative estimate of drug-likeness (QED) is 0.187. The van der Waals surface area contributed by atoms with Crippen molar-refractivity contribution in [3.63, 3.8) is 0 Å². The van der Waals surface area contributed by atoms with Crippen LogP contribution in [0.15, 0.2) is 114 Å². The predicted molar refractivity (Wildman–Crippen MR) is 180 cm³/mol. The van der Waals surface area contributed by atoms with Crippen LogP contribution in [0.3, 0.4) is 0 Å². The van der Waals surface area contributed by atoms with Crippen LogP contribution in [0.25, 0.3) is 0 Å². The van der Waals surface area contributed by atoms with Crippen LogP contribution in [0.5, 0.6) is 5.75 Å². The summed E-state index contributed by atoms with van der Waals surface area (Å²) in [4.78, 5) is 30.2. The zero-order chi connectivity index (χ0) is 33.2. The fourth-order valence-electron chi connectivity index (χ4n) is 5.88. The van der Waals surface area contributed by atoms with Gasteiger partial charge in [-0.25, -0.2) is 12.8 Å². The lowest BCUT2D eigenvalue weighted by Gasteiger charge is -2.35. The van der Waals surface area contributed by atoms with Gasteiger partial charge in [0.25, 0.3) is 10.0 Å². The van der Waals surface area contributed by atoms with Crippen molar-refractivity contribution in [3.05, 3.63) is 126 Å². The minimum atomic E-state index is -4.21. The maximum atomic E-state index is 14.6. The monoisotopic (exact) mass is 657 g/mol. The Balaban J connectivity index is 1.55. The zero-order valence-electron chi connectivity index (χ0n) is 26.4. The largest absolute Gasteiger partial charge is 0.497 e. The first kappa shape index (κ1) is 33.7. The molecular weight excluding hydrogens is 617 g/mol. The number of sulfonamides is 1. The minimum absolute atomic E-state index is 0.00782. The van der Waals surface area contributed by atoms with E-state index in [9.17, 15) is 22.4 Å². The molecule has 1 saturated carbocycles. The van der Waals surface area contributed by atoms with Crippen LogP contribution in [-0.2, 0) is 32.6 Å². The summed E-state index contributed by atoms with van der Waals surface area (Å²) in [7, 11) is -2.70. The van der Waals surface area contributed by atoms with Gasteiger partial charge in [0.2, 0.25) is 11.8 Å². The van der Waals surface area contributed by atoms with Crippen LogP contribution in [0.1, 0.15) is 43.2 Å². The Kier molecular flexibility index (Phi) is 11.3. The van der Waals surface area contributed by atoms with E-state index < -0.39 is 34.3 Å². The standard InChI is InChI=1S/C37H40FN3O5S/c1-46-33-23-21-32(22-24-33)41(47(44,45)34-15-9-4-10-16-34)27-36(42)40(26-29-17-19-30(38)20-18-29)35(25-28-11-5-2-6-12-28)37(43)39-31-13-7-3-8-14-31/h2,4-6,9-12,15-24,31,35H,3,7-8,13-14,25-27H2,1H3,(H,39,43)/t35-/m1/s1. The molecule has 0 aromatic heterocycles. The van der Waals surface area contributed by atoms with Crippen LogP contribution in [0, 0.1) is 5.82 Å². The third-order valence-corrected chi connectivity index (χ3v) is 10.2. The predicted octanol–water partition coefficient (Wildman–Crippen LogP) is 6.12. The molecule has 1 aliphatic rings. The lowest BCUT2D eigenvalue weighted by Crippen LogP contribution is -2.55. The van der Waals surface area contributed by atoms with Crippen molar-refractivity contribution in [2.24, 2.45) is 0 Å². The number of anilines is 1. The molecule has 246 valence electrons. The number of ether oxygens (including phenoxy) is 1. The number of hydrogen-bond acceptors (Lipinski definition) is 5. The Labute approximate surface area is 276 Å². The van der Waals surface area contributed by atoms with Gasteiger partial charge >= 0.3 is 0 Å². The Morgan fingerprint density at radius 2 is 1.45 bits per heavy atom. The average Bonchev–Trinajstić information content (AvgIpc) is 3.10. The second kappa shape index (κ2) is 15.7. The fraction of sp³-hybridized carbons (Fsp3) is 0.297. The van der Waals surface area contributed by atoms with Gasteiger partial charge in [-0.1, -0.05) is 79.9 Å². The molecule has 1 fully saturated rings. The van der Waals surface area contributed by atoms with E-state index in [1.54, 1.807) is 54.6 Å². The van der Waals surface area contributed by atoms with E-state index in [4.69, 9.17) is 4.74 Å². The van der Waals surface area contributed by atoms with Gasteiger partial charge in [0.05, 0.1) is 17.7 Å². The molecule has 0 unspecified atom stereocenters. The molecule has 0 bridgehead atoms. The number of nitrogens with zero attached hydrogens (tertiary/aromatic N) is 2. The third-order valence-electron chi connectivity index (χ3n) is 8.46. The SMILES string of the molecule is COc1ccc(N(CC(=O)N(Cc2ccc(F)cc2)[C@H](Cc2ccccc2)C(=O)NC2CCCCC2)S(=O)(=O)c2ccccc2)cc1. The molecule has 1 N–H and O–H groups in total. The molecule has 0 radical (unpaired) electrons. The Hall–Kier alpha value is -4.70. The van der Waals surface area contributed by atoms with Gasteiger partial charge in [0, 0.05) is 19.0 Å². The molecule has 0 aliphatic heterocycles. The summed E-state index contributed by atoms with van der Waals surface area (Å²) in [5.41, 5.74) is 1.71. The first-order chi connectivity index (χ1) is 22.7.